The molecule has 0 aliphatic heterocycles. The SMILES string of the molecule is CCCCC(Oc1cccc2ccccc12)c1cc(C)cc(C)c1. The summed E-state index contributed by atoms with van der Waals surface area (Å²) in [5, 5.41) is 2.41. The molecule has 3 rings (SSSR count). The van der Waals surface area contributed by atoms with Crippen LogP contribution in [0.4, 0.5) is 0 Å². The average Bonchev–Trinajstić information content (AvgIpc) is 2.58. The Balaban J connectivity index is 1.96. The Hall–Kier alpha value is -2.28. The second-order valence-corrected chi connectivity index (χ2v) is 6.65. The van der Waals surface area contributed by atoms with Gasteiger partial charge in [-0.1, -0.05) is 79.1 Å². The number of ether oxygens (including phenoxy) is 1. The largest absolute Gasteiger partial charge is 0.485 e. The smallest absolute Gasteiger partial charge is 0.128 e. The second-order valence-electron chi connectivity index (χ2n) is 6.65. The average molecular weight is 318 g/mol. The molecule has 1 nitrogen and oxygen atoms in total. The van der Waals surface area contributed by atoms with E-state index in [4.69, 9.17) is 4.74 Å². The Bertz CT molecular complexity index is 794. The van der Waals surface area contributed by atoms with Gasteiger partial charge in [-0.15, -0.1) is 0 Å². The minimum Gasteiger partial charge on any atom is -0.485 e. The van der Waals surface area contributed by atoms with Crippen LogP contribution in [0.15, 0.2) is 60.7 Å². The lowest BCUT2D eigenvalue weighted by molar-refractivity contribution is 0.194. The Morgan fingerprint density at radius 1 is 0.875 bits per heavy atom. The predicted octanol–water partition coefficient (Wildman–Crippen LogP) is 6.77. The molecular weight excluding hydrogens is 292 g/mol. The van der Waals surface area contributed by atoms with Crippen LogP contribution >= 0.6 is 0 Å². The van der Waals surface area contributed by atoms with Gasteiger partial charge >= 0.3 is 0 Å². The van der Waals surface area contributed by atoms with Gasteiger partial charge in [-0.05, 0) is 43.7 Å². The molecule has 0 bridgehead atoms. The highest BCUT2D eigenvalue weighted by Gasteiger charge is 2.15. The quantitative estimate of drug-likeness (QED) is 0.487. The minimum absolute atomic E-state index is 0.106. The van der Waals surface area contributed by atoms with Crippen molar-refractivity contribution in [2.75, 3.05) is 0 Å². The number of rotatable bonds is 6. The highest BCUT2D eigenvalue weighted by molar-refractivity contribution is 5.88. The maximum absolute atomic E-state index is 6.53. The molecule has 1 unspecified atom stereocenters. The lowest BCUT2D eigenvalue weighted by atomic mass is 9.99. The number of fused-ring (bicyclic) bond motifs is 1. The summed E-state index contributed by atoms with van der Waals surface area (Å²) in [6.07, 6.45) is 3.50. The fourth-order valence-corrected chi connectivity index (χ4v) is 3.33. The summed E-state index contributed by atoms with van der Waals surface area (Å²) in [6.45, 7) is 6.55. The summed E-state index contributed by atoms with van der Waals surface area (Å²) in [7, 11) is 0. The van der Waals surface area contributed by atoms with Crippen LogP contribution in [0.2, 0.25) is 0 Å². The topological polar surface area (TPSA) is 9.23 Å². The van der Waals surface area contributed by atoms with Gasteiger partial charge in [0, 0.05) is 5.39 Å². The van der Waals surface area contributed by atoms with Crippen molar-refractivity contribution in [1.29, 1.82) is 0 Å². The third kappa shape index (κ3) is 3.79. The van der Waals surface area contributed by atoms with Crippen LogP contribution in [0.5, 0.6) is 5.75 Å². The lowest BCUT2D eigenvalue weighted by Gasteiger charge is -2.21. The monoisotopic (exact) mass is 318 g/mol. The molecule has 0 spiro atoms. The Kier molecular flexibility index (Phi) is 5.20. The Morgan fingerprint density at radius 3 is 2.33 bits per heavy atom. The number of benzene rings is 3. The molecule has 0 fully saturated rings. The van der Waals surface area contributed by atoms with Crippen LogP contribution < -0.4 is 4.74 Å². The zero-order chi connectivity index (χ0) is 16.9. The van der Waals surface area contributed by atoms with Gasteiger partial charge in [0.25, 0.3) is 0 Å². The maximum Gasteiger partial charge on any atom is 0.128 e. The fourth-order valence-electron chi connectivity index (χ4n) is 3.33. The molecule has 0 heterocycles. The zero-order valence-electron chi connectivity index (χ0n) is 14.9. The summed E-state index contributed by atoms with van der Waals surface area (Å²) in [6, 6.07) is 21.5. The first-order valence-corrected chi connectivity index (χ1v) is 8.90. The van der Waals surface area contributed by atoms with E-state index < -0.39 is 0 Å². The summed E-state index contributed by atoms with van der Waals surface area (Å²) >= 11 is 0. The van der Waals surface area contributed by atoms with Crippen molar-refractivity contribution in [1.82, 2.24) is 0 Å². The van der Waals surface area contributed by atoms with Crippen LogP contribution in [-0.4, -0.2) is 0 Å². The first-order chi connectivity index (χ1) is 11.7. The minimum atomic E-state index is 0.106. The molecule has 0 aliphatic carbocycles. The van der Waals surface area contributed by atoms with Gasteiger partial charge in [0.15, 0.2) is 0 Å². The van der Waals surface area contributed by atoms with Crippen LogP contribution in [0.1, 0.15) is 49.0 Å². The highest BCUT2D eigenvalue weighted by atomic mass is 16.5. The van der Waals surface area contributed by atoms with Gasteiger partial charge in [0.1, 0.15) is 11.9 Å². The third-order valence-corrected chi connectivity index (χ3v) is 4.45. The van der Waals surface area contributed by atoms with E-state index in [0.717, 1.165) is 12.2 Å². The van der Waals surface area contributed by atoms with Crippen molar-refractivity contribution in [3.63, 3.8) is 0 Å². The van der Waals surface area contributed by atoms with E-state index in [-0.39, 0.29) is 6.10 Å². The molecule has 0 amide bonds. The van der Waals surface area contributed by atoms with Crippen molar-refractivity contribution in [2.24, 2.45) is 0 Å². The molecule has 0 saturated heterocycles. The summed E-state index contributed by atoms with van der Waals surface area (Å²) in [5.74, 6) is 0.980. The normalized spacial score (nSPS) is 12.3. The predicted molar refractivity (Wildman–Crippen MR) is 103 cm³/mol. The van der Waals surface area contributed by atoms with Crippen LogP contribution in [0, 0.1) is 13.8 Å². The van der Waals surface area contributed by atoms with E-state index in [2.05, 4.69) is 81.4 Å². The van der Waals surface area contributed by atoms with E-state index in [1.807, 2.05) is 0 Å². The van der Waals surface area contributed by atoms with Crippen molar-refractivity contribution >= 4 is 10.8 Å². The number of aryl methyl sites for hydroxylation is 2. The van der Waals surface area contributed by atoms with Crippen molar-refractivity contribution in [3.05, 3.63) is 77.4 Å². The van der Waals surface area contributed by atoms with Gasteiger partial charge in [-0.25, -0.2) is 0 Å². The van der Waals surface area contributed by atoms with Crippen molar-refractivity contribution < 1.29 is 4.74 Å². The molecule has 3 aromatic rings. The number of hydrogen-bond acceptors (Lipinski definition) is 1. The molecule has 0 N–H and O–H groups in total. The van der Waals surface area contributed by atoms with Crippen LogP contribution in [0.25, 0.3) is 10.8 Å². The third-order valence-electron chi connectivity index (χ3n) is 4.45. The van der Waals surface area contributed by atoms with Crippen molar-refractivity contribution in [3.8, 4) is 5.75 Å². The molecular formula is C23H26O. The first kappa shape index (κ1) is 16.6. The molecule has 1 heteroatoms. The summed E-state index contributed by atoms with van der Waals surface area (Å²) in [5.41, 5.74) is 3.88. The van der Waals surface area contributed by atoms with Gasteiger partial charge < -0.3 is 4.74 Å². The van der Waals surface area contributed by atoms with Gasteiger partial charge in [-0.3, -0.25) is 0 Å². The van der Waals surface area contributed by atoms with E-state index in [9.17, 15) is 0 Å². The number of hydrogen-bond donors (Lipinski definition) is 0. The second kappa shape index (κ2) is 7.53. The van der Waals surface area contributed by atoms with Crippen molar-refractivity contribution in [2.45, 2.75) is 46.1 Å². The molecule has 0 aliphatic rings. The van der Waals surface area contributed by atoms with Gasteiger partial charge in [-0.2, -0.15) is 0 Å². The van der Waals surface area contributed by atoms with Crippen LogP contribution in [0.3, 0.4) is 0 Å². The lowest BCUT2D eigenvalue weighted by Crippen LogP contribution is -2.09. The summed E-state index contributed by atoms with van der Waals surface area (Å²) in [4.78, 5) is 0. The fraction of sp³-hybridized carbons (Fsp3) is 0.304. The zero-order valence-corrected chi connectivity index (χ0v) is 14.9. The molecule has 124 valence electrons. The Morgan fingerprint density at radius 2 is 1.58 bits per heavy atom. The van der Waals surface area contributed by atoms with Crippen LogP contribution in [-0.2, 0) is 0 Å². The van der Waals surface area contributed by atoms with E-state index in [0.29, 0.717) is 0 Å². The molecule has 0 aromatic heterocycles. The van der Waals surface area contributed by atoms with Gasteiger partial charge in [0.2, 0.25) is 0 Å². The maximum atomic E-state index is 6.53. The molecule has 0 radical (unpaired) electrons. The molecule has 24 heavy (non-hydrogen) atoms. The van der Waals surface area contributed by atoms with Gasteiger partial charge in [0.05, 0.1) is 0 Å². The molecule has 3 aromatic carbocycles. The Labute approximate surface area is 145 Å². The van der Waals surface area contributed by atoms with E-state index >= 15 is 0 Å². The van der Waals surface area contributed by atoms with E-state index in [1.54, 1.807) is 0 Å². The highest BCUT2D eigenvalue weighted by Crippen LogP contribution is 2.32. The number of unbranched alkanes of at least 4 members (excludes halogenated alkanes) is 1. The first-order valence-electron chi connectivity index (χ1n) is 8.90. The van der Waals surface area contributed by atoms with E-state index in [1.165, 1.54) is 40.3 Å². The standard InChI is InChI=1S/C23H26O/c1-4-5-12-22(20-15-17(2)14-18(3)16-20)24-23-13-8-10-19-9-6-7-11-21(19)23/h6-11,13-16,22H,4-5,12H2,1-3H3. The summed E-state index contributed by atoms with van der Waals surface area (Å²) < 4.78 is 6.53. The molecule has 0 saturated carbocycles. The molecule has 1 atom stereocenters.